The summed E-state index contributed by atoms with van der Waals surface area (Å²) in [6.07, 6.45) is -2.76. The smallest absolute Gasteiger partial charge is 0.338 e. The van der Waals surface area contributed by atoms with Gasteiger partial charge >= 0.3 is 12.1 Å². The predicted molar refractivity (Wildman–Crippen MR) is 82.4 cm³/mol. The molecule has 0 radical (unpaired) electrons. The number of likely N-dealkylation sites (tertiary alicyclic amines) is 1. The van der Waals surface area contributed by atoms with Crippen molar-refractivity contribution in [1.82, 2.24) is 15.0 Å². The van der Waals surface area contributed by atoms with E-state index in [1.165, 1.54) is 12.1 Å². The molecule has 134 valence electrons. The van der Waals surface area contributed by atoms with Gasteiger partial charge in [0.05, 0.1) is 0 Å². The fraction of sp³-hybridized carbons (Fsp3) is 0.438. The molecule has 0 bridgehead atoms. The topological polar surface area (TPSA) is 85.2 Å². The third kappa shape index (κ3) is 3.81. The minimum Gasteiger partial charge on any atom is -0.338 e. The molecule has 9 heteroatoms. The van der Waals surface area contributed by atoms with Crippen LogP contribution in [-0.2, 0) is 6.18 Å². The van der Waals surface area contributed by atoms with Crippen molar-refractivity contribution >= 4 is 5.91 Å². The standard InChI is InChI=1S/C16H17F3N4O2/c17-16(18,19)15-21-13(22-25-15)11-3-5-12(6-4-11)14(24)23-7-1-2-10(8-20)9-23/h3-6,10H,1-2,7-9,20H2/t10-/m1/s1. The average Bonchev–Trinajstić information content (AvgIpc) is 3.12. The van der Waals surface area contributed by atoms with Crippen molar-refractivity contribution in [2.75, 3.05) is 19.6 Å². The van der Waals surface area contributed by atoms with Gasteiger partial charge in [0.1, 0.15) is 0 Å². The molecule has 1 fully saturated rings. The highest BCUT2D eigenvalue weighted by Gasteiger charge is 2.38. The average molecular weight is 354 g/mol. The van der Waals surface area contributed by atoms with Crippen LogP contribution in [0.15, 0.2) is 28.8 Å². The highest BCUT2D eigenvalue weighted by molar-refractivity contribution is 5.94. The SMILES string of the molecule is NC[C@H]1CCCN(C(=O)c2ccc(-c3noc(C(F)(F)F)n3)cc2)C1. The Balaban J connectivity index is 1.73. The summed E-state index contributed by atoms with van der Waals surface area (Å²) in [4.78, 5) is 17.6. The number of hydrogen-bond donors (Lipinski definition) is 1. The van der Waals surface area contributed by atoms with Crippen LogP contribution in [0.3, 0.4) is 0 Å². The van der Waals surface area contributed by atoms with Crippen LogP contribution in [0, 0.1) is 5.92 Å². The van der Waals surface area contributed by atoms with Crippen molar-refractivity contribution < 1.29 is 22.5 Å². The summed E-state index contributed by atoms with van der Waals surface area (Å²) in [7, 11) is 0. The van der Waals surface area contributed by atoms with Crippen LogP contribution in [0.25, 0.3) is 11.4 Å². The molecule has 1 saturated heterocycles. The summed E-state index contributed by atoms with van der Waals surface area (Å²) in [5, 5.41) is 3.32. The number of alkyl halides is 3. The molecule has 6 nitrogen and oxygen atoms in total. The minimum atomic E-state index is -4.69. The molecular formula is C16H17F3N4O2. The van der Waals surface area contributed by atoms with Crippen molar-refractivity contribution in [2.24, 2.45) is 11.7 Å². The second kappa shape index (κ2) is 6.83. The fourth-order valence-corrected chi connectivity index (χ4v) is 2.84. The molecule has 1 aliphatic heterocycles. The summed E-state index contributed by atoms with van der Waals surface area (Å²) in [6, 6.07) is 6.10. The first-order valence-corrected chi connectivity index (χ1v) is 7.89. The maximum absolute atomic E-state index is 12.5. The molecular weight excluding hydrogens is 337 g/mol. The number of amides is 1. The molecule has 0 saturated carbocycles. The molecule has 3 rings (SSSR count). The van der Waals surface area contributed by atoms with E-state index in [0.29, 0.717) is 36.7 Å². The van der Waals surface area contributed by atoms with Crippen molar-refractivity contribution in [3.63, 3.8) is 0 Å². The van der Waals surface area contributed by atoms with Gasteiger partial charge in [0.15, 0.2) is 0 Å². The van der Waals surface area contributed by atoms with E-state index in [2.05, 4.69) is 14.7 Å². The van der Waals surface area contributed by atoms with Gasteiger partial charge in [0.25, 0.3) is 5.91 Å². The van der Waals surface area contributed by atoms with E-state index in [4.69, 9.17) is 5.73 Å². The molecule has 2 aromatic rings. The molecule has 1 amide bonds. The lowest BCUT2D eigenvalue weighted by Crippen LogP contribution is -2.42. The van der Waals surface area contributed by atoms with Crippen LogP contribution >= 0.6 is 0 Å². The van der Waals surface area contributed by atoms with Gasteiger partial charge in [0.2, 0.25) is 5.82 Å². The number of nitrogens with zero attached hydrogens (tertiary/aromatic N) is 3. The highest BCUT2D eigenvalue weighted by atomic mass is 19.4. The fourth-order valence-electron chi connectivity index (χ4n) is 2.84. The van der Waals surface area contributed by atoms with Gasteiger partial charge in [-0.3, -0.25) is 4.79 Å². The molecule has 25 heavy (non-hydrogen) atoms. The Bertz CT molecular complexity index is 743. The lowest BCUT2D eigenvalue weighted by molar-refractivity contribution is -0.159. The van der Waals surface area contributed by atoms with E-state index in [-0.39, 0.29) is 11.7 Å². The van der Waals surface area contributed by atoms with E-state index < -0.39 is 12.1 Å². The number of halogens is 3. The monoisotopic (exact) mass is 354 g/mol. The van der Waals surface area contributed by atoms with Crippen LogP contribution in [-0.4, -0.2) is 40.6 Å². The summed E-state index contributed by atoms with van der Waals surface area (Å²) in [5.41, 5.74) is 6.48. The van der Waals surface area contributed by atoms with Gasteiger partial charge in [-0.2, -0.15) is 18.2 Å². The van der Waals surface area contributed by atoms with Gasteiger partial charge < -0.3 is 15.2 Å². The third-order valence-electron chi connectivity index (χ3n) is 4.20. The van der Waals surface area contributed by atoms with Crippen LogP contribution in [0.2, 0.25) is 0 Å². The van der Waals surface area contributed by atoms with E-state index in [0.717, 1.165) is 12.8 Å². The zero-order chi connectivity index (χ0) is 18.0. The second-order valence-electron chi connectivity index (χ2n) is 5.99. The van der Waals surface area contributed by atoms with E-state index in [1.807, 2.05) is 0 Å². The number of hydrogen-bond acceptors (Lipinski definition) is 5. The summed E-state index contributed by atoms with van der Waals surface area (Å²) < 4.78 is 41.7. The number of benzene rings is 1. The lowest BCUT2D eigenvalue weighted by atomic mass is 9.97. The number of carbonyl (C=O) groups excluding carboxylic acids is 1. The molecule has 0 unspecified atom stereocenters. The van der Waals surface area contributed by atoms with Gasteiger partial charge in [-0.25, -0.2) is 0 Å². The summed E-state index contributed by atoms with van der Waals surface area (Å²) in [6.45, 7) is 1.84. The lowest BCUT2D eigenvalue weighted by Gasteiger charge is -2.32. The number of piperidine rings is 1. The minimum absolute atomic E-state index is 0.117. The molecule has 2 N–H and O–H groups in total. The largest absolute Gasteiger partial charge is 0.471 e. The molecule has 1 aromatic carbocycles. The van der Waals surface area contributed by atoms with Crippen LogP contribution < -0.4 is 5.73 Å². The van der Waals surface area contributed by atoms with Crippen LogP contribution in [0.5, 0.6) is 0 Å². The van der Waals surface area contributed by atoms with Crippen molar-refractivity contribution in [1.29, 1.82) is 0 Å². The number of rotatable bonds is 3. The quantitative estimate of drug-likeness (QED) is 0.916. The molecule has 0 aliphatic carbocycles. The Hall–Kier alpha value is -2.42. The first kappa shape index (κ1) is 17.4. The normalized spacial score (nSPS) is 18.4. The van der Waals surface area contributed by atoms with Crippen molar-refractivity contribution in [3.8, 4) is 11.4 Å². The van der Waals surface area contributed by atoms with Gasteiger partial charge in [0, 0.05) is 24.2 Å². The Morgan fingerprint density at radius 3 is 2.64 bits per heavy atom. The zero-order valence-electron chi connectivity index (χ0n) is 13.3. The summed E-state index contributed by atoms with van der Waals surface area (Å²) >= 11 is 0. The Kier molecular flexibility index (Phi) is 4.76. The van der Waals surface area contributed by atoms with Crippen molar-refractivity contribution in [2.45, 2.75) is 19.0 Å². The maximum Gasteiger partial charge on any atom is 0.471 e. The highest BCUT2D eigenvalue weighted by Crippen LogP contribution is 2.29. The molecule has 1 aromatic heterocycles. The number of carbonyl (C=O) groups is 1. The van der Waals surface area contributed by atoms with Crippen LogP contribution in [0.4, 0.5) is 13.2 Å². The zero-order valence-corrected chi connectivity index (χ0v) is 13.3. The third-order valence-corrected chi connectivity index (χ3v) is 4.20. The molecule has 1 atom stereocenters. The second-order valence-corrected chi connectivity index (χ2v) is 5.99. The number of nitrogens with two attached hydrogens (primary N) is 1. The first-order chi connectivity index (χ1) is 11.9. The van der Waals surface area contributed by atoms with Crippen molar-refractivity contribution in [3.05, 3.63) is 35.7 Å². The first-order valence-electron chi connectivity index (χ1n) is 7.89. The molecule has 0 spiro atoms. The van der Waals surface area contributed by atoms with Gasteiger partial charge in [-0.05, 0) is 37.4 Å². The van der Waals surface area contributed by atoms with Gasteiger partial charge in [-0.15, -0.1) is 0 Å². The molecule has 1 aliphatic rings. The predicted octanol–water partition coefficient (Wildman–Crippen LogP) is 2.57. The maximum atomic E-state index is 12.5. The Morgan fingerprint density at radius 1 is 1.32 bits per heavy atom. The van der Waals surface area contributed by atoms with E-state index in [1.54, 1.807) is 17.0 Å². The van der Waals surface area contributed by atoms with E-state index in [9.17, 15) is 18.0 Å². The number of aromatic nitrogens is 2. The molecule has 2 heterocycles. The Morgan fingerprint density at radius 2 is 2.04 bits per heavy atom. The Labute approximate surface area is 141 Å². The van der Waals surface area contributed by atoms with Crippen LogP contribution in [0.1, 0.15) is 29.1 Å². The van der Waals surface area contributed by atoms with Gasteiger partial charge in [-0.1, -0.05) is 17.3 Å². The van der Waals surface area contributed by atoms with E-state index >= 15 is 0 Å². The summed E-state index contributed by atoms with van der Waals surface area (Å²) in [5.74, 6) is -1.39.